The van der Waals surface area contributed by atoms with Crippen molar-refractivity contribution in [3.05, 3.63) is 35.9 Å². The van der Waals surface area contributed by atoms with Crippen LogP contribution in [-0.2, 0) is 6.54 Å². The Morgan fingerprint density at radius 1 is 1.18 bits per heavy atom. The van der Waals surface area contributed by atoms with Gasteiger partial charge in [0.2, 0.25) is 0 Å². The van der Waals surface area contributed by atoms with E-state index in [1.807, 2.05) is 0 Å². The molecule has 2 aliphatic rings. The lowest BCUT2D eigenvalue weighted by atomic mass is 10.0. The summed E-state index contributed by atoms with van der Waals surface area (Å²) in [6.07, 6.45) is 0. The highest BCUT2D eigenvalue weighted by Gasteiger charge is 2.73. The lowest BCUT2D eigenvalue weighted by Gasteiger charge is -2.22. The van der Waals surface area contributed by atoms with Crippen molar-refractivity contribution in [2.24, 2.45) is 16.7 Å². The van der Waals surface area contributed by atoms with Crippen molar-refractivity contribution in [2.45, 2.75) is 20.4 Å². The average Bonchev–Trinajstić information content (AvgIpc) is 2.60. The van der Waals surface area contributed by atoms with Gasteiger partial charge in [-0.05, 0) is 22.3 Å². The van der Waals surface area contributed by atoms with Gasteiger partial charge in [0.1, 0.15) is 0 Å². The van der Waals surface area contributed by atoms with Crippen molar-refractivity contribution in [1.82, 2.24) is 4.90 Å². The van der Waals surface area contributed by atoms with E-state index in [0.717, 1.165) is 19.6 Å². The minimum absolute atomic E-state index is 0.344. The van der Waals surface area contributed by atoms with Crippen molar-refractivity contribution in [3.8, 4) is 0 Å². The van der Waals surface area contributed by atoms with Gasteiger partial charge in [0.05, 0.1) is 0 Å². The monoisotopic (exact) mass is 231 g/mol. The fourth-order valence-electron chi connectivity index (χ4n) is 4.00. The van der Waals surface area contributed by atoms with Gasteiger partial charge in [-0.25, -0.2) is 0 Å². The normalized spacial score (nSPS) is 40.3. The smallest absolute Gasteiger partial charge is 0.0471 e. The zero-order valence-corrected chi connectivity index (χ0v) is 10.7. The van der Waals surface area contributed by atoms with Crippen LogP contribution in [0.25, 0.3) is 0 Å². The first-order valence-electron chi connectivity index (χ1n) is 6.47. The maximum absolute atomic E-state index is 9.40. The summed E-state index contributed by atoms with van der Waals surface area (Å²) in [5.41, 5.74) is 2.08. The summed E-state index contributed by atoms with van der Waals surface area (Å²) in [4.78, 5) is 2.53. The number of rotatable bonds is 3. The molecule has 1 aromatic rings. The summed E-state index contributed by atoms with van der Waals surface area (Å²) >= 11 is 0. The number of hydrogen-bond donors (Lipinski definition) is 1. The molecular formula is C15H21NO. The summed E-state index contributed by atoms with van der Waals surface area (Å²) in [6, 6.07) is 10.7. The second kappa shape index (κ2) is 3.56. The summed E-state index contributed by atoms with van der Waals surface area (Å²) in [6.45, 7) is 8.32. The minimum Gasteiger partial charge on any atom is -0.396 e. The van der Waals surface area contributed by atoms with Crippen LogP contribution in [0.3, 0.4) is 0 Å². The van der Waals surface area contributed by atoms with Crippen LogP contribution in [0, 0.1) is 16.7 Å². The van der Waals surface area contributed by atoms with E-state index in [0.29, 0.717) is 23.4 Å². The van der Waals surface area contributed by atoms with Gasteiger partial charge in [0, 0.05) is 26.2 Å². The predicted molar refractivity (Wildman–Crippen MR) is 68.5 cm³/mol. The second-order valence-electron chi connectivity index (χ2n) is 6.20. The van der Waals surface area contributed by atoms with Crippen LogP contribution in [0.1, 0.15) is 19.4 Å². The number of hydrogen-bond acceptors (Lipinski definition) is 2. The fourth-order valence-corrected chi connectivity index (χ4v) is 4.00. The molecule has 1 saturated heterocycles. The van der Waals surface area contributed by atoms with Crippen molar-refractivity contribution in [2.75, 3.05) is 19.7 Å². The number of piperidine rings is 1. The van der Waals surface area contributed by atoms with Gasteiger partial charge in [0.15, 0.2) is 0 Å². The first kappa shape index (κ1) is 11.2. The average molecular weight is 231 g/mol. The molecule has 2 unspecified atom stereocenters. The highest BCUT2D eigenvalue weighted by Crippen LogP contribution is 2.72. The molecule has 0 amide bonds. The molecule has 0 spiro atoms. The van der Waals surface area contributed by atoms with E-state index in [1.54, 1.807) is 0 Å². The summed E-state index contributed by atoms with van der Waals surface area (Å²) in [5, 5.41) is 9.40. The lowest BCUT2D eigenvalue weighted by Crippen LogP contribution is -2.28. The molecule has 2 atom stereocenters. The summed E-state index contributed by atoms with van der Waals surface area (Å²) < 4.78 is 0. The van der Waals surface area contributed by atoms with Gasteiger partial charge >= 0.3 is 0 Å². The van der Waals surface area contributed by atoms with Crippen LogP contribution in [0.2, 0.25) is 0 Å². The third-order valence-corrected chi connectivity index (χ3v) is 5.30. The third-order valence-electron chi connectivity index (χ3n) is 5.30. The Balaban J connectivity index is 1.68. The summed E-state index contributed by atoms with van der Waals surface area (Å²) in [5.74, 6) is 0.516. The SMILES string of the molecule is CC12CN(Cc3ccccc3)CC1(C)C2CO. The van der Waals surface area contributed by atoms with Gasteiger partial charge in [-0.2, -0.15) is 0 Å². The van der Waals surface area contributed by atoms with Crippen LogP contribution >= 0.6 is 0 Å². The lowest BCUT2D eigenvalue weighted by molar-refractivity contribution is 0.185. The first-order chi connectivity index (χ1) is 8.10. The fraction of sp³-hybridized carbons (Fsp3) is 0.600. The number of fused-ring (bicyclic) bond motifs is 1. The Labute approximate surface area is 103 Å². The van der Waals surface area contributed by atoms with Crippen LogP contribution in [0.5, 0.6) is 0 Å². The zero-order chi connectivity index (χ0) is 12.1. The molecular weight excluding hydrogens is 210 g/mol. The molecule has 2 nitrogen and oxygen atoms in total. The molecule has 0 radical (unpaired) electrons. The summed E-state index contributed by atoms with van der Waals surface area (Å²) in [7, 11) is 0. The first-order valence-corrected chi connectivity index (χ1v) is 6.47. The van der Waals surface area contributed by atoms with E-state index in [1.165, 1.54) is 5.56 Å². The van der Waals surface area contributed by atoms with Crippen molar-refractivity contribution >= 4 is 0 Å². The standard InChI is InChI=1S/C15H21NO/c1-14-10-16(8-12-6-4-3-5-7-12)11-15(14,2)13(14)9-17/h3-7,13,17H,8-11H2,1-2H3. The Bertz CT molecular complexity index is 400. The number of nitrogens with zero attached hydrogens (tertiary/aromatic N) is 1. The van der Waals surface area contributed by atoms with E-state index >= 15 is 0 Å². The molecule has 92 valence electrons. The largest absolute Gasteiger partial charge is 0.396 e. The van der Waals surface area contributed by atoms with Crippen molar-refractivity contribution in [1.29, 1.82) is 0 Å². The molecule has 1 aliphatic carbocycles. The van der Waals surface area contributed by atoms with Gasteiger partial charge < -0.3 is 5.11 Å². The highest BCUT2D eigenvalue weighted by molar-refractivity contribution is 5.24. The molecule has 1 aromatic carbocycles. The van der Waals surface area contributed by atoms with Gasteiger partial charge in [-0.1, -0.05) is 44.2 Å². The number of aliphatic hydroxyl groups is 1. The van der Waals surface area contributed by atoms with Crippen molar-refractivity contribution < 1.29 is 5.11 Å². The highest BCUT2D eigenvalue weighted by atomic mass is 16.3. The molecule has 2 fully saturated rings. The third kappa shape index (κ3) is 1.47. The Morgan fingerprint density at radius 3 is 2.29 bits per heavy atom. The molecule has 1 aliphatic heterocycles. The minimum atomic E-state index is 0.344. The van der Waals surface area contributed by atoms with E-state index in [9.17, 15) is 5.11 Å². The Kier molecular flexibility index (Phi) is 2.36. The Morgan fingerprint density at radius 2 is 1.76 bits per heavy atom. The number of benzene rings is 1. The number of aliphatic hydroxyl groups excluding tert-OH is 1. The van der Waals surface area contributed by atoms with Crippen LogP contribution in [0.4, 0.5) is 0 Å². The molecule has 0 bridgehead atoms. The quantitative estimate of drug-likeness (QED) is 0.861. The number of likely N-dealkylation sites (tertiary alicyclic amines) is 1. The maximum Gasteiger partial charge on any atom is 0.0471 e. The molecule has 1 N–H and O–H groups in total. The Hall–Kier alpha value is -0.860. The zero-order valence-electron chi connectivity index (χ0n) is 10.7. The van der Waals surface area contributed by atoms with Crippen LogP contribution in [-0.4, -0.2) is 29.7 Å². The van der Waals surface area contributed by atoms with Gasteiger partial charge in [-0.15, -0.1) is 0 Å². The molecule has 3 rings (SSSR count). The molecule has 1 saturated carbocycles. The molecule has 0 aromatic heterocycles. The van der Waals surface area contributed by atoms with Gasteiger partial charge in [0.25, 0.3) is 0 Å². The molecule has 1 heterocycles. The maximum atomic E-state index is 9.40. The molecule has 2 heteroatoms. The predicted octanol–water partition coefficient (Wildman–Crippen LogP) is 2.14. The van der Waals surface area contributed by atoms with Crippen LogP contribution in [0.15, 0.2) is 30.3 Å². The van der Waals surface area contributed by atoms with E-state index in [4.69, 9.17) is 0 Å². The second-order valence-corrected chi connectivity index (χ2v) is 6.20. The van der Waals surface area contributed by atoms with E-state index in [2.05, 4.69) is 49.1 Å². The van der Waals surface area contributed by atoms with Crippen molar-refractivity contribution in [3.63, 3.8) is 0 Å². The van der Waals surface area contributed by atoms with E-state index in [-0.39, 0.29) is 0 Å². The molecule has 17 heavy (non-hydrogen) atoms. The van der Waals surface area contributed by atoms with Gasteiger partial charge in [-0.3, -0.25) is 4.90 Å². The topological polar surface area (TPSA) is 23.5 Å². The van der Waals surface area contributed by atoms with Crippen LogP contribution < -0.4 is 0 Å². The van der Waals surface area contributed by atoms with E-state index < -0.39 is 0 Å².